The molecule has 18 heavy (non-hydrogen) atoms. The molecule has 1 aromatic rings. The Hall–Kier alpha value is -1.02. The molecule has 0 N–H and O–H groups in total. The van der Waals surface area contributed by atoms with E-state index in [4.69, 9.17) is 9.47 Å². The highest BCUT2D eigenvalue weighted by atomic mass is 16.7. The standard InChI is InChI=1S/C16H26O2/c1-7-12(2)13-8-10-14(11-9-13)18-15(17-6)16(3,4)5/h8-12,15H,7H2,1-6H3. The minimum atomic E-state index is -0.230. The molecule has 0 aliphatic rings. The Morgan fingerprint density at radius 3 is 2.06 bits per heavy atom. The highest BCUT2D eigenvalue weighted by Crippen LogP contribution is 2.27. The number of methoxy groups -OCH3 is 1. The minimum Gasteiger partial charge on any atom is -0.464 e. The van der Waals surface area contributed by atoms with Crippen molar-refractivity contribution in [2.75, 3.05) is 7.11 Å². The van der Waals surface area contributed by atoms with Crippen LogP contribution in [0, 0.1) is 5.41 Å². The fourth-order valence-electron chi connectivity index (χ4n) is 1.81. The first-order valence-electron chi connectivity index (χ1n) is 6.68. The quantitative estimate of drug-likeness (QED) is 0.711. The molecule has 0 fully saturated rings. The van der Waals surface area contributed by atoms with E-state index in [2.05, 4.69) is 46.8 Å². The van der Waals surface area contributed by atoms with E-state index in [-0.39, 0.29) is 11.7 Å². The Balaban J connectivity index is 2.74. The van der Waals surface area contributed by atoms with Crippen molar-refractivity contribution in [2.45, 2.75) is 53.2 Å². The molecule has 0 heterocycles. The van der Waals surface area contributed by atoms with Crippen LogP contribution in [-0.2, 0) is 4.74 Å². The first-order chi connectivity index (χ1) is 8.38. The van der Waals surface area contributed by atoms with Gasteiger partial charge in [0.2, 0.25) is 6.29 Å². The van der Waals surface area contributed by atoms with Crippen LogP contribution in [0.25, 0.3) is 0 Å². The lowest BCUT2D eigenvalue weighted by Crippen LogP contribution is -2.33. The smallest absolute Gasteiger partial charge is 0.204 e. The van der Waals surface area contributed by atoms with Crippen molar-refractivity contribution < 1.29 is 9.47 Å². The Morgan fingerprint density at radius 1 is 1.11 bits per heavy atom. The van der Waals surface area contributed by atoms with E-state index in [0.717, 1.165) is 12.2 Å². The number of hydrogen-bond donors (Lipinski definition) is 0. The Kier molecular flexibility index (Phi) is 5.21. The molecule has 1 aromatic carbocycles. The second-order valence-electron chi connectivity index (χ2n) is 5.93. The Labute approximate surface area is 111 Å². The first-order valence-corrected chi connectivity index (χ1v) is 6.68. The van der Waals surface area contributed by atoms with E-state index in [1.807, 2.05) is 12.1 Å². The van der Waals surface area contributed by atoms with E-state index in [0.29, 0.717) is 5.92 Å². The van der Waals surface area contributed by atoms with E-state index < -0.39 is 0 Å². The molecule has 0 aliphatic carbocycles. The maximum absolute atomic E-state index is 5.87. The average Bonchev–Trinajstić information content (AvgIpc) is 2.34. The molecule has 0 saturated carbocycles. The number of rotatable bonds is 5. The van der Waals surface area contributed by atoms with Gasteiger partial charge in [-0.15, -0.1) is 0 Å². The van der Waals surface area contributed by atoms with Gasteiger partial charge < -0.3 is 9.47 Å². The molecule has 0 aromatic heterocycles. The van der Waals surface area contributed by atoms with Crippen molar-refractivity contribution in [3.05, 3.63) is 29.8 Å². The summed E-state index contributed by atoms with van der Waals surface area (Å²) < 4.78 is 11.3. The minimum absolute atomic E-state index is 0.0376. The molecule has 0 aliphatic heterocycles. The molecule has 2 atom stereocenters. The summed E-state index contributed by atoms with van der Waals surface area (Å²) in [6, 6.07) is 8.33. The zero-order valence-electron chi connectivity index (χ0n) is 12.5. The number of ether oxygens (including phenoxy) is 2. The number of benzene rings is 1. The molecule has 0 amide bonds. The molecule has 0 saturated heterocycles. The molecule has 102 valence electrons. The molecule has 2 heteroatoms. The SMILES string of the molecule is CCC(C)c1ccc(OC(OC)C(C)(C)C)cc1. The van der Waals surface area contributed by atoms with Crippen molar-refractivity contribution >= 4 is 0 Å². The second-order valence-corrected chi connectivity index (χ2v) is 5.93. The third-order valence-electron chi connectivity index (χ3n) is 3.23. The highest BCUT2D eigenvalue weighted by molar-refractivity contribution is 5.29. The van der Waals surface area contributed by atoms with Crippen LogP contribution in [0.2, 0.25) is 0 Å². The van der Waals surface area contributed by atoms with Gasteiger partial charge in [0.15, 0.2) is 0 Å². The number of hydrogen-bond acceptors (Lipinski definition) is 2. The van der Waals surface area contributed by atoms with Gasteiger partial charge in [0.05, 0.1) is 0 Å². The Bertz CT molecular complexity index is 348. The van der Waals surface area contributed by atoms with Crippen LogP contribution in [0.4, 0.5) is 0 Å². The molecule has 0 radical (unpaired) electrons. The van der Waals surface area contributed by atoms with Crippen molar-refractivity contribution in [3.63, 3.8) is 0 Å². The summed E-state index contributed by atoms with van der Waals surface area (Å²) >= 11 is 0. The van der Waals surface area contributed by atoms with Crippen molar-refractivity contribution in [2.24, 2.45) is 5.41 Å². The fourth-order valence-corrected chi connectivity index (χ4v) is 1.81. The van der Waals surface area contributed by atoms with Crippen LogP contribution in [-0.4, -0.2) is 13.4 Å². The van der Waals surface area contributed by atoms with Gasteiger partial charge in [-0.3, -0.25) is 0 Å². The maximum atomic E-state index is 5.87. The van der Waals surface area contributed by atoms with Gasteiger partial charge >= 0.3 is 0 Å². The molecule has 1 rings (SSSR count). The zero-order valence-corrected chi connectivity index (χ0v) is 12.5. The van der Waals surface area contributed by atoms with Crippen molar-refractivity contribution in [1.29, 1.82) is 0 Å². The second kappa shape index (κ2) is 6.24. The molecule has 2 nitrogen and oxygen atoms in total. The van der Waals surface area contributed by atoms with Crippen molar-refractivity contribution in [3.8, 4) is 5.75 Å². The molecular formula is C16H26O2. The largest absolute Gasteiger partial charge is 0.464 e. The lowest BCUT2D eigenvalue weighted by atomic mass is 9.96. The molecule has 0 bridgehead atoms. The zero-order chi connectivity index (χ0) is 13.8. The highest BCUT2D eigenvalue weighted by Gasteiger charge is 2.26. The van der Waals surface area contributed by atoms with Crippen LogP contribution in [0.1, 0.15) is 52.5 Å². The van der Waals surface area contributed by atoms with Crippen LogP contribution in [0.15, 0.2) is 24.3 Å². The van der Waals surface area contributed by atoms with Crippen LogP contribution >= 0.6 is 0 Å². The maximum Gasteiger partial charge on any atom is 0.204 e. The molecule has 2 unspecified atom stereocenters. The van der Waals surface area contributed by atoms with Crippen LogP contribution in [0.3, 0.4) is 0 Å². The summed E-state index contributed by atoms with van der Waals surface area (Å²) in [7, 11) is 1.68. The average molecular weight is 250 g/mol. The third-order valence-corrected chi connectivity index (χ3v) is 3.23. The summed E-state index contributed by atoms with van der Waals surface area (Å²) in [5.74, 6) is 1.46. The predicted molar refractivity (Wildman–Crippen MR) is 76.0 cm³/mol. The van der Waals surface area contributed by atoms with E-state index in [1.165, 1.54) is 5.56 Å². The van der Waals surface area contributed by atoms with Gasteiger partial charge in [-0.1, -0.05) is 46.8 Å². The normalized spacial score (nSPS) is 15.2. The molecular weight excluding hydrogens is 224 g/mol. The van der Waals surface area contributed by atoms with Gasteiger partial charge in [0.1, 0.15) is 5.75 Å². The van der Waals surface area contributed by atoms with Crippen LogP contribution in [0.5, 0.6) is 5.75 Å². The van der Waals surface area contributed by atoms with Gasteiger partial charge in [-0.25, -0.2) is 0 Å². The third kappa shape index (κ3) is 4.02. The molecule has 0 spiro atoms. The summed E-state index contributed by atoms with van der Waals surface area (Å²) in [6.45, 7) is 10.8. The topological polar surface area (TPSA) is 18.5 Å². The van der Waals surface area contributed by atoms with E-state index >= 15 is 0 Å². The summed E-state index contributed by atoms with van der Waals surface area (Å²) in [5.41, 5.74) is 1.32. The summed E-state index contributed by atoms with van der Waals surface area (Å²) in [6.07, 6.45) is 0.926. The Morgan fingerprint density at radius 2 is 1.67 bits per heavy atom. The lowest BCUT2D eigenvalue weighted by Gasteiger charge is -2.29. The van der Waals surface area contributed by atoms with E-state index in [1.54, 1.807) is 7.11 Å². The van der Waals surface area contributed by atoms with Gasteiger partial charge in [-0.05, 0) is 30.0 Å². The summed E-state index contributed by atoms with van der Waals surface area (Å²) in [4.78, 5) is 0. The van der Waals surface area contributed by atoms with Gasteiger partial charge in [0.25, 0.3) is 0 Å². The summed E-state index contributed by atoms with van der Waals surface area (Å²) in [5, 5.41) is 0. The van der Waals surface area contributed by atoms with Gasteiger partial charge in [-0.2, -0.15) is 0 Å². The van der Waals surface area contributed by atoms with Crippen LogP contribution < -0.4 is 4.74 Å². The monoisotopic (exact) mass is 250 g/mol. The van der Waals surface area contributed by atoms with Gasteiger partial charge in [0, 0.05) is 12.5 Å². The fraction of sp³-hybridized carbons (Fsp3) is 0.625. The lowest BCUT2D eigenvalue weighted by molar-refractivity contribution is -0.120. The van der Waals surface area contributed by atoms with Crippen molar-refractivity contribution in [1.82, 2.24) is 0 Å². The first kappa shape index (κ1) is 15.0. The predicted octanol–water partition coefficient (Wildman–Crippen LogP) is 4.60. The van der Waals surface area contributed by atoms with E-state index in [9.17, 15) is 0 Å².